The molecule has 0 bridgehead atoms. The zero-order chi connectivity index (χ0) is 13.4. The predicted molar refractivity (Wildman–Crippen MR) is 69.2 cm³/mol. The summed E-state index contributed by atoms with van der Waals surface area (Å²) in [5.74, 6) is -0.465. The first-order chi connectivity index (χ1) is 8.65. The fourth-order valence-corrected chi connectivity index (χ4v) is 1.51. The molecule has 0 aliphatic heterocycles. The van der Waals surface area contributed by atoms with E-state index in [0.717, 1.165) is 19.4 Å². The first-order valence-electron chi connectivity index (χ1n) is 6.27. The summed E-state index contributed by atoms with van der Waals surface area (Å²) in [4.78, 5) is 11.7. The van der Waals surface area contributed by atoms with Crippen molar-refractivity contribution < 1.29 is 13.9 Å². The van der Waals surface area contributed by atoms with E-state index < -0.39 is 0 Å². The smallest absolute Gasteiger partial charge is 0.251 e. The van der Waals surface area contributed by atoms with E-state index in [1.54, 1.807) is 13.0 Å². The Morgan fingerprint density at radius 2 is 2.17 bits per heavy atom. The van der Waals surface area contributed by atoms with Gasteiger partial charge in [0.05, 0.1) is 0 Å². The molecule has 0 atom stereocenters. The van der Waals surface area contributed by atoms with Gasteiger partial charge in [0.15, 0.2) is 0 Å². The van der Waals surface area contributed by atoms with Crippen molar-refractivity contribution in [2.75, 3.05) is 19.8 Å². The van der Waals surface area contributed by atoms with E-state index >= 15 is 0 Å². The lowest BCUT2D eigenvalue weighted by Crippen LogP contribution is -2.25. The number of rotatable bonds is 7. The molecule has 1 aromatic rings. The number of nitrogens with one attached hydrogen (secondary N) is 1. The number of carbonyl (C=O) groups excluding carboxylic acids is 1. The number of ether oxygens (including phenoxy) is 1. The highest BCUT2D eigenvalue weighted by molar-refractivity contribution is 5.94. The summed E-state index contributed by atoms with van der Waals surface area (Å²) in [7, 11) is 0. The van der Waals surface area contributed by atoms with Crippen molar-refractivity contribution in [1.82, 2.24) is 5.32 Å². The third-order valence-electron chi connectivity index (χ3n) is 2.52. The number of hydrogen-bond acceptors (Lipinski definition) is 2. The second kappa shape index (κ2) is 7.82. The Labute approximate surface area is 107 Å². The molecule has 0 unspecified atom stereocenters. The Bertz CT molecular complexity index is 393. The van der Waals surface area contributed by atoms with Gasteiger partial charge in [0.1, 0.15) is 5.82 Å². The number of benzene rings is 1. The minimum atomic E-state index is -0.292. The number of halogens is 1. The maximum absolute atomic E-state index is 13.0. The topological polar surface area (TPSA) is 38.3 Å². The highest BCUT2D eigenvalue weighted by atomic mass is 19.1. The van der Waals surface area contributed by atoms with Gasteiger partial charge in [0.25, 0.3) is 5.91 Å². The monoisotopic (exact) mass is 253 g/mol. The van der Waals surface area contributed by atoms with E-state index in [1.165, 1.54) is 12.1 Å². The summed E-state index contributed by atoms with van der Waals surface area (Å²) in [6.45, 7) is 5.67. The Hall–Kier alpha value is -1.42. The third-order valence-corrected chi connectivity index (χ3v) is 2.52. The van der Waals surface area contributed by atoms with Gasteiger partial charge in [-0.25, -0.2) is 4.39 Å². The van der Waals surface area contributed by atoms with Gasteiger partial charge in [-0.3, -0.25) is 4.79 Å². The molecule has 4 heteroatoms. The number of amides is 1. The molecule has 0 aromatic heterocycles. The standard InChI is InChI=1S/C14H20FNO2/c1-3-8-18-9-4-7-16-14(17)12-5-6-13(15)11(2)10-12/h5-6,10H,3-4,7-9H2,1-2H3,(H,16,17). The lowest BCUT2D eigenvalue weighted by atomic mass is 10.1. The molecular weight excluding hydrogens is 233 g/mol. The van der Waals surface area contributed by atoms with E-state index in [2.05, 4.69) is 12.2 Å². The van der Waals surface area contributed by atoms with E-state index in [4.69, 9.17) is 4.74 Å². The van der Waals surface area contributed by atoms with Crippen LogP contribution in [0.4, 0.5) is 4.39 Å². The molecule has 0 fully saturated rings. The molecule has 1 aromatic carbocycles. The van der Waals surface area contributed by atoms with Crippen LogP contribution in [0.15, 0.2) is 18.2 Å². The van der Waals surface area contributed by atoms with Crippen molar-refractivity contribution in [3.8, 4) is 0 Å². The van der Waals surface area contributed by atoms with Gasteiger partial charge in [0, 0.05) is 25.3 Å². The van der Waals surface area contributed by atoms with Gasteiger partial charge in [-0.15, -0.1) is 0 Å². The molecule has 18 heavy (non-hydrogen) atoms. The number of carbonyl (C=O) groups is 1. The fourth-order valence-electron chi connectivity index (χ4n) is 1.51. The van der Waals surface area contributed by atoms with E-state index in [0.29, 0.717) is 24.3 Å². The molecule has 0 saturated carbocycles. The summed E-state index contributed by atoms with van der Waals surface area (Å²) in [5.41, 5.74) is 0.970. The number of aryl methyl sites for hydroxylation is 1. The first kappa shape index (κ1) is 14.6. The molecule has 0 heterocycles. The second-order valence-corrected chi connectivity index (χ2v) is 4.19. The van der Waals surface area contributed by atoms with Crippen LogP contribution in [0.1, 0.15) is 35.7 Å². The SMILES string of the molecule is CCCOCCCNC(=O)c1ccc(F)c(C)c1. The van der Waals surface area contributed by atoms with Crippen LogP contribution in [0.3, 0.4) is 0 Å². The molecule has 100 valence electrons. The molecule has 0 radical (unpaired) electrons. The Morgan fingerprint density at radius 3 is 2.83 bits per heavy atom. The van der Waals surface area contributed by atoms with Crippen molar-refractivity contribution in [1.29, 1.82) is 0 Å². The lowest BCUT2D eigenvalue weighted by Gasteiger charge is -2.06. The summed E-state index contributed by atoms with van der Waals surface area (Å²) in [6, 6.07) is 4.36. The molecule has 1 rings (SSSR count). The predicted octanol–water partition coefficient (Wildman–Crippen LogP) is 2.68. The van der Waals surface area contributed by atoms with Gasteiger partial charge in [-0.05, 0) is 43.5 Å². The Kier molecular flexibility index (Phi) is 6.36. The normalized spacial score (nSPS) is 10.4. The van der Waals surface area contributed by atoms with Crippen LogP contribution in [-0.2, 0) is 4.74 Å². The number of hydrogen-bond donors (Lipinski definition) is 1. The largest absolute Gasteiger partial charge is 0.381 e. The van der Waals surface area contributed by atoms with Crippen LogP contribution in [-0.4, -0.2) is 25.7 Å². The quantitative estimate of drug-likeness (QED) is 0.759. The van der Waals surface area contributed by atoms with Gasteiger partial charge >= 0.3 is 0 Å². The molecule has 1 N–H and O–H groups in total. The maximum Gasteiger partial charge on any atom is 0.251 e. The molecule has 0 spiro atoms. The maximum atomic E-state index is 13.0. The molecule has 0 aliphatic rings. The summed E-state index contributed by atoms with van der Waals surface area (Å²) < 4.78 is 18.3. The van der Waals surface area contributed by atoms with E-state index in [-0.39, 0.29) is 11.7 Å². The minimum Gasteiger partial charge on any atom is -0.381 e. The van der Waals surface area contributed by atoms with Crippen molar-refractivity contribution in [2.24, 2.45) is 0 Å². The van der Waals surface area contributed by atoms with Crippen LogP contribution in [0, 0.1) is 12.7 Å². The minimum absolute atomic E-state index is 0.173. The summed E-state index contributed by atoms with van der Waals surface area (Å²) in [6.07, 6.45) is 1.78. The van der Waals surface area contributed by atoms with Crippen LogP contribution in [0.2, 0.25) is 0 Å². The van der Waals surface area contributed by atoms with E-state index in [1.807, 2.05) is 0 Å². The van der Waals surface area contributed by atoms with Gasteiger partial charge in [-0.2, -0.15) is 0 Å². The van der Waals surface area contributed by atoms with Crippen LogP contribution in [0.5, 0.6) is 0 Å². The van der Waals surface area contributed by atoms with Crippen molar-refractivity contribution >= 4 is 5.91 Å². The fraction of sp³-hybridized carbons (Fsp3) is 0.500. The zero-order valence-corrected chi connectivity index (χ0v) is 11.0. The molecule has 0 saturated heterocycles. The van der Waals surface area contributed by atoms with Crippen LogP contribution < -0.4 is 5.32 Å². The summed E-state index contributed by atoms with van der Waals surface area (Å²) >= 11 is 0. The van der Waals surface area contributed by atoms with E-state index in [9.17, 15) is 9.18 Å². The van der Waals surface area contributed by atoms with Crippen molar-refractivity contribution in [2.45, 2.75) is 26.7 Å². The Balaban J connectivity index is 2.30. The molecule has 1 amide bonds. The van der Waals surface area contributed by atoms with Gasteiger partial charge in [0.2, 0.25) is 0 Å². The van der Waals surface area contributed by atoms with Crippen LogP contribution in [0.25, 0.3) is 0 Å². The lowest BCUT2D eigenvalue weighted by molar-refractivity contribution is 0.0941. The molecule has 0 aliphatic carbocycles. The highest BCUT2D eigenvalue weighted by Gasteiger charge is 2.06. The zero-order valence-electron chi connectivity index (χ0n) is 11.0. The average Bonchev–Trinajstić information content (AvgIpc) is 2.36. The van der Waals surface area contributed by atoms with Gasteiger partial charge in [-0.1, -0.05) is 6.92 Å². The summed E-state index contributed by atoms with van der Waals surface area (Å²) in [5, 5.41) is 2.78. The van der Waals surface area contributed by atoms with Gasteiger partial charge < -0.3 is 10.1 Å². The van der Waals surface area contributed by atoms with Crippen molar-refractivity contribution in [3.63, 3.8) is 0 Å². The first-order valence-corrected chi connectivity index (χ1v) is 6.27. The average molecular weight is 253 g/mol. The van der Waals surface area contributed by atoms with Crippen molar-refractivity contribution in [3.05, 3.63) is 35.1 Å². The van der Waals surface area contributed by atoms with Crippen LogP contribution >= 0.6 is 0 Å². The third kappa shape index (κ3) is 4.84. The second-order valence-electron chi connectivity index (χ2n) is 4.19. The molecule has 3 nitrogen and oxygen atoms in total. The molecular formula is C14H20FNO2. The Morgan fingerprint density at radius 1 is 1.39 bits per heavy atom. The highest BCUT2D eigenvalue weighted by Crippen LogP contribution is 2.08.